The number of carbonyl (C=O) groups is 2. The molecule has 0 atom stereocenters. The monoisotopic (exact) mass is 186 g/mol. The van der Waals surface area contributed by atoms with Crippen LogP contribution in [0.4, 0.5) is 0 Å². The zero-order chi connectivity index (χ0) is 10.3. The molecule has 13 heavy (non-hydrogen) atoms. The second-order valence-electron chi connectivity index (χ2n) is 2.46. The van der Waals surface area contributed by atoms with Crippen molar-refractivity contribution in [2.75, 3.05) is 13.2 Å². The van der Waals surface area contributed by atoms with Crippen molar-refractivity contribution in [3.8, 4) is 0 Å². The van der Waals surface area contributed by atoms with E-state index in [-0.39, 0.29) is 13.2 Å². The fourth-order valence-electron chi connectivity index (χ4n) is 0.915. The second kappa shape index (κ2) is 6.51. The van der Waals surface area contributed by atoms with Crippen LogP contribution >= 0.6 is 0 Å². The van der Waals surface area contributed by atoms with Gasteiger partial charge in [-0.15, -0.1) is 0 Å². The van der Waals surface area contributed by atoms with Gasteiger partial charge in [-0.2, -0.15) is 0 Å². The summed E-state index contributed by atoms with van der Waals surface area (Å²) in [6.07, 6.45) is 0. The van der Waals surface area contributed by atoms with E-state index in [1.165, 1.54) is 0 Å². The van der Waals surface area contributed by atoms with Crippen LogP contribution in [0.3, 0.4) is 0 Å². The summed E-state index contributed by atoms with van der Waals surface area (Å²) in [7, 11) is 0.414. The van der Waals surface area contributed by atoms with Crippen molar-refractivity contribution >= 4 is 19.2 Å². The molecule has 74 valence electrons. The van der Waals surface area contributed by atoms with Crippen molar-refractivity contribution < 1.29 is 19.1 Å². The minimum atomic E-state index is -0.764. The van der Waals surface area contributed by atoms with Gasteiger partial charge in [-0.25, -0.2) is 0 Å². The number of esters is 2. The second-order valence-corrected chi connectivity index (χ2v) is 2.46. The van der Waals surface area contributed by atoms with Crippen molar-refractivity contribution in [1.82, 2.24) is 0 Å². The highest BCUT2D eigenvalue weighted by Gasteiger charge is 2.27. The van der Waals surface area contributed by atoms with Crippen LogP contribution in [0, 0.1) is 0 Å². The number of carbonyl (C=O) groups excluding carboxylic acids is 2. The third kappa shape index (κ3) is 3.96. The van der Waals surface area contributed by atoms with E-state index < -0.39 is 17.8 Å². The van der Waals surface area contributed by atoms with E-state index in [0.29, 0.717) is 7.28 Å². The summed E-state index contributed by atoms with van der Waals surface area (Å²) in [5.41, 5.74) is 0. The number of ether oxygens (including phenoxy) is 2. The Kier molecular flexibility index (Phi) is 6.01. The normalized spacial score (nSPS) is 9.54. The highest BCUT2D eigenvalue weighted by Crippen LogP contribution is 2.08. The molecule has 0 fully saturated rings. The lowest BCUT2D eigenvalue weighted by molar-refractivity contribution is -0.153. The van der Waals surface area contributed by atoms with Gasteiger partial charge in [0, 0.05) is 0 Å². The summed E-state index contributed by atoms with van der Waals surface area (Å²) >= 11 is 0. The quantitative estimate of drug-likeness (QED) is 0.354. The molecule has 0 saturated carbocycles. The predicted molar refractivity (Wildman–Crippen MR) is 50.0 cm³/mol. The minimum absolute atomic E-state index is 0.286. The Balaban J connectivity index is 4.15. The molecular formula is C8H15BO4. The Hall–Kier alpha value is -0.995. The van der Waals surface area contributed by atoms with Gasteiger partial charge in [0.1, 0.15) is 13.1 Å². The molecular weight excluding hydrogens is 171 g/mol. The van der Waals surface area contributed by atoms with Gasteiger partial charge in [0.05, 0.1) is 13.2 Å². The van der Waals surface area contributed by atoms with E-state index >= 15 is 0 Å². The Morgan fingerprint density at radius 2 is 1.54 bits per heavy atom. The van der Waals surface area contributed by atoms with E-state index in [1.807, 2.05) is 0 Å². The molecule has 0 unspecified atom stereocenters. The summed E-state index contributed by atoms with van der Waals surface area (Å²) in [6.45, 7) is 5.73. The lowest BCUT2D eigenvalue weighted by Crippen LogP contribution is -2.26. The molecule has 4 nitrogen and oxygen atoms in total. The lowest BCUT2D eigenvalue weighted by Gasteiger charge is -2.11. The fraction of sp³-hybridized carbons (Fsp3) is 0.750. The van der Waals surface area contributed by atoms with Crippen LogP contribution in [-0.2, 0) is 19.1 Å². The maximum atomic E-state index is 11.2. The van der Waals surface area contributed by atoms with Crippen molar-refractivity contribution in [3.63, 3.8) is 0 Å². The molecule has 0 aromatic carbocycles. The van der Waals surface area contributed by atoms with E-state index in [9.17, 15) is 9.59 Å². The Labute approximate surface area is 78.8 Å². The number of rotatable bonds is 5. The van der Waals surface area contributed by atoms with Crippen molar-refractivity contribution in [2.24, 2.45) is 0 Å². The molecule has 0 spiro atoms. The average molecular weight is 186 g/mol. The first kappa shape index (κ1) is 12.0. The molecule has 0 rings (SSSR count). The zero-order valence-electron chi connectivity index (χ0n) is 8.33. The Morgan fingerprint density at radius 1 is 1.15 bits per heavy atom. The van der Waals surface area contributed by atoms with E-state index in [2.05, 4.69) is 0 Å². The van der Waals surface area contributed by atoms with Gasteiger partial charge >= 0.3 is 11.9 Å². The molecule has 5 heteroatoms. The molecule has 0 radical (unpaired) electrons. The number of hydrogen-bond donors (Lipinski definition) is 0. The topological polar surface area (TPSA) is 52.6 Å². The van der Waals surface area contributed by atoms with E-state index in [1.54, 1.807) is 20.7 Å². The van der Waals surface area contributed by atoms with Crippen LogP contribution in [-0.4, -0.2) is 32.4 Å². The number of hydrogen-bond acceptors (Lipinski definition) is 4. The third-order valence-corrected chi connectivity index (χ3v) is 1.55. The Bertz CT molecular complexity index is 163. The van der Waals surface area contributed by atoms with Crippen molar-refractivity contribution in [3.05, 3.63) is 0 Å². The molecule has 0 heterocycles. The first-order chi connectivity index (χ1) is 6.17. The molecule has 0 saturated heterocycles. The largest absolute Gasteiger partial charge is 0.466 e. The molecule has 0 aromatic rings. The minimum Gasteiger partial charge on any atom is -0.466 e. The predicted octanol–water partition coefficient (Wildman–Crippen LogP) is 0.386. The smallest absolute Gasteiger partial charge is 0.312 e. The molecule has 0 aliphatic rings. The zero-order valence-corrected chi connectivity index (χ0v) is 8.33. The third-order valence-electron chi connectivity index (χ3n) is 1.55. The first-order valence-corrected chi connectivity index (χ1v) is 4.50. The molecule has 0 aliphatic carbocycles. The lowest BCUT2D eigenvalue weighted by atomic mass is 9.67. The van der Waals surface area contributed by atoms with Gasteiger partial charge in [-0.3, -0.25) is 9.59 Å². The summed E-state index contributed by atoms with van der Waals surface area (Å²) < 4.78 is 9.45. The van der Waals surface area contributed by atoms with Gasteiger partial charge in [0.25, 0.3) is 0 Å². The summed E-state index contributed by atoms with van der Waals surface area (Å²) in [6, 6.07) is 0. The van der Waals surface area contributed by atoms with Crippen LogP contribution in [0.25, 0.3) is 0 Å². The van der Waals surface area contributed by atoms with E-state index in [4.69, 9.17) is 9.47 Å². The summed E-state index contributed by atoms with van der Waals surface area (Å²) in [4.78, 5) is 22.3. The highest BCUT2D eigenvalue weighted by molar-refractivity contribution is 6.49. The summed E-state index contributed by atoms with van der Waals surface area (Å²) in [5, 5.41) is 0. The Morgan fingerprint density at radius 3 is 1.77 bits per heavy atom. The van der Waals surface area contributed by atoms with Gasteiger partial charge < -0.3 is 9.47 Å². The van der Waals surface area contributed by atoms with E-state index in [0.717, 1.165) is 0 Å². The van der Waals surface area contributed by atoms with Crippen molar-refractivity contribution in [1.29, 1.82) is 0 Å². The van der Waals surface area contributed by atoms with Crippen molar-refractivity contribution in [2.45, 2.75) is 26.5 Å². The van der Waals surface area contributed by atoms with Gasteiger partial charge in [0.2, 0.25) is 0 Å². The molecule has 0 amide bonds. The van der Waals surface area contributed by atoms with Gasteiger partial charge in [-0.05, 0) is 13.8 Å². The van der Waals surface area contributed by atoms with Crippen LogP contribution < -0.4 is 0 Å². The van der Waals surface area contributed by atoms with Crippen LogP contribution in [0.2, 0.25) is 12.6 Å². The molecule has 0 aliphatic heterocycles. The highest BCUT2D eigenvalue weighted by atomic mass is 16.6. The maximum absolute atomic E-state index is 11.2. The standard InChI is InChI=1S/C8H15BO4/c1-4-12-7(10)6(9-3)8(11)13-5-2/h6,9H,4-5H2,1-3H3. The van der Waals surface area contributed by atoms with Crippen LogP contribution in [0.1, 0.15) is 13.8 Å². The fourth-order valence-corrected chi connectivity index (χ4v) is 0.915. The van der Waals surface area contributed by atoms with Gasteiger partial charge in [-0.1, -0.05) is 6.82 Å². The van der Waals surface area contributed by atoms with Crippen LogP contribution in [0.5, 0.6) is 0 Å². The first-order valence-electron chi connectivity index (χ1n) is 4.50. The van der Waals surface area contributed by atoms with Crippen LogP contribution in [0.15, 0.2) is 0 Å². The molecule has 0 aromatic heterocycles. The average Bonchev–Trinajstić information content (AvgIpc) is 2.06. The SMILES string of the molecule is CBC(C(=O)OCC)C(=O)OCC. The molecule has 0 N–H and O–H groups in total. The molecule has 0 bridgehead atoms. The van der Waals surface area contributed by atoms with Gasteiger partial charge in [0.15, 0.2) is 0 Å². The summed E-state index contributed by atoms with van der Waals surface area (Å²) in [5.74, 6) is -1.76. The maximum Gasteiger partial charge on any atom is 0.312 e.